The minimum absolute atomic E-state index is 1.02. The molecule has 3 saturated carbocycles. The maximum absolute atomic E-state index is 2.44. The first-order valence-electron chi connectivity index (χ1n) is 11.2. The van der Waals surface area contributed by atoms with Gasteiger partial charge in [0.05, 0.1) is 0 Å². The van der Waals surface area contributed by atoms with Crippen LogP contribution < -0.4 is 0 Å². The Morgan fingerprint density at radius 1 is 0.565 bits per heavy atom. The predicted molar refractivity (Wildman–Crippen MR) is 104 cm³/mol. The molecule has 0 heteroatoms. The van der Waals surface area contributed by atoms with Gasteiger partial charge in [0.2, 0.25) is 0 Å². The molecule has 0 unspecified atom stereocenters. The summed E-state index contributed by atoms with van der Waals surface area (Å²) in [4.78, 5) is 0. The molecule has 3 aliphatic rings. The number of rotatable bonds is 3. The molecule has 0 aliphatic heterocycles. The lowest BCUT2D eigenvalue weighted by Crippen LogP contribution is -2.25. The maximum atomic E-state index is 2.44. The minimum Gasteiger partial charge on any atom is -0.0654 e. The Bertz CT molecular complexity index is 272. The molecule has 0 amide bonds. The average molecular weight is 321 g/mol. The van der Waals surface area contributed by atoms with Gasteiger partial charge in [-0.05, 0) is 55.3 Å². The fraction of sp³-hybridized carbons (Fsp3) is 1.00. The predicted octanol–water partition coefficient (Wildman–Crippen LogP) is 8.01. The van der Waals surface area contributed by atoms with Gasteiger partial charge in [0.15, 0.2) is 0 Å². The Morgan fingerprint density at radius 3 is 1.48 bits per heavy atom. The van der Waals surface area contributed by atoms with Crippen LogP contribution in [-0.2, 0) is 0 Å². The van der Waals surface area contributed by atoms with E-state index in [0.717, 1.165) is 29.6 Å². The van der Waals surface area contributed by atoms with Gasteiger partial charge in [-0.1, -0.05) is 91.4 Å². The lowest BCUT2D eigenvalue weighted by molar-refractivity contribution is 0.147. The van der Waals surface area contributed by atoms with E-state index in [-0.39, 0.29) is 0 Å². The van der Waals surface area contributed by atoms with E-state index in [0.29, 0.717) is 0 Å². The molecule has 136 valence electrons. The monoisotopic (exact) mass is 320 g/mol. The molecule has 0 atom stereocenters. The lowest BCUT2D eigenvalue weighted by Gasteiger charge is -2.37. The van der Waals surface area contributed by atoms with Crippen molar-refractivity contribution in [3.8, 4) is 0 Å². The molecule has 0 heterocycles. The summed E-state index contributed by atoms with van der Waals surface area (Å²) in [5.41, 5.74) is 0. The summed E-state index contributed by atoms with van der Waals surface area (Å²) < 4.78 is 0. The van der Waals surface area contributed by atoms with Crippen LogP contribution in [0.25, 0.3) is 0 Å². The van der Waals surface area contributed by atoms with Crippen molar-refractivity contribution in [3.05, 3.63) is 0 Å². The minimum atomic E-state index is 1.02. The van der Waals surface area contributed by atoms with Crippen molar-refractivity contribution in [2.75, 3.05) is 0 Å². The summed E-state index contributed by atoms with van der Waals surface area (Å²) in [5.74, 6) is 5.37. The third-order valence-electron chi connectivity index (χ3n) is 7.21. The van der Waals surface area contributed by atoms with Crippen LogP contribution in [0.15, 0.2) is 0 Å². The third kappa shape index (κ3) is 7.18. The Morgan fingerprint density at radius 2 is 1.04 bits per heavy atom. The van der Waals surface area contributed by atoms with E-state index in [2.05, 4.69) is 20.8 Å². The molecule has 3 aliphatic carbocycles. The second kappa shape index (κ2) is 10.8. The van der Waals surface area contributed by atoms with E-state index in [1.165, 1.54) is 57.8 Å². The van der Waals surface area contributed by atoms with Crippen molar-refractivity contribution < 1.29 is 0 Å². The van der Waals surface area contributed by atoms with Crippen LogP contribution in [0.1, 0.15) is 117 Å². The molecule has 0 aromatic rings. The quantitative estimate of drug-likeness (QED) is 0.494. The fourth-order valence-electron chi connectivity index (χ4n) is 5.42. The van der Waals surface area contributed by atoms with Gasteiger partial charge in [-0.2, -0.15) is 0 Å². The van der Waals surface area contributed by atoms with E-state index in [9.17, 15) is 0 Å². The second-order valence-corrected chi connectivity index (χ2v) is 9.33. The first-order chi connectivity index (χ1) is 11.2. The summed E-state index contributed by atoms with van der Waals surface area (Å²) in [7, 11) is 0. The molecule has 0 aromatic carbocycles. The smallest absolute Gasteiger partial charge is 0.0386 e. The first-order valence-corrected chi connectivity index (χ1v) is 11.2. The van der Waals surface area contributed by atoms with Gasteiger partial charge < -0.3 is 0 Å². The summed E-state index contributed by atoms with van der Waals surface area (Å²) in [6.07, 6.45) is 22.7. The van der Waals surface area contributed by atoms with E-state index in [4.69, 9.17) is 0 Å². The SMILES string of the molecule is CC1CCCCC1.CCCC1CCC(C2CCC(C)CC2)CC1. The van der Waals surface area contributed by atoms with Crippen LogP contribution >= 0.6 is 0 Å². The van der Waals surface area contributed by atoms with Crippen molar-refractivity contribution >= 4 is 0 Å². The van der Waals surface area contributed by atoms with Crippen molar-refractivity contribution in [1.82, 2.24) is 0 Å². The molecule has 3 fully saturated rings. The highest BCUT2D eigenvalue weighted by atomic mass is 14.3. The molecule has 0 nitrogen and oxygen atoms in total. The van der Waals surface area contributed by atoms with E-state index >= 15 is 0 Å². The molecule has 3 rings (SSSR count). The lowest BCUT2D eigenvalue weighted by atomic mass is 9.69. The highest BCUT2D eigenvalue weighted by Gasteiger charge is 2.29. The van der Waals surface area contributed by atoms with Crippen LogP contribution in [0, 0.1) is 29.6 Å². The summed E-state index contributed by atoms with van der Waals surface area (Å²) >= 11 is 0. The van der Waals surface area contributed by atoms with Crippen molar-refractivity contribution in [2.45, 2.75) is 117 Å². The molecule has 0 N–H and O–H groups in total. The van der Waals surface area contributed by atoms with Crippen LogP contribution in [0.3, 0.4) is 0 Å². The maximum Gasteiger partial charge on any atom is -0.0386 e. The molecule has 0 radical (unpaired) electrons. The highest BCUT2D eigenvalue weighted by molar-refractivity contribution is 4.81. The van der Waals surface area contributed by atoms with Crippen molar-refractivity contribution in [3.63, 3.8) is 0 Å². The molecule has 0 spiro atoms. The van der Waals surface area contributed by atoms with Crippen LogP contribution in [0.5, 0.6) is 0 Å². The Kier molecular flexibility index (Phi) is 9.06. The van der Waals surface area contributed by atoms with Gasteiger partial charge >= 0.3 is 0 Å². The van der Waals surface area contributed by atoms with Gasteiger partial charge in [-0.25, -0.2) is 0 Å². The number of hydrogen-bond donors (Lipinski definition) is 0. The van der Waals surface area contributed by atoms with Gasteiger partial charge in [-0.15, -0.1) is 0 Å². The van der Waals surface area contributed by atoms with Crippen molar-refractivity contribution in [2.24, 2.45) is 29.6 Å². The second-order valence-electron chi connectivity index (χ2n) is 9.33. The van der Waals surface area contributed by atoms with Gasteiger partial charge in [0.25, 0.3) is 0 Å². The molecule has 0 bridgehead atoms. The third-order valence-corrected chi connectivity index (χ3v) is 7.21. The van der Waals surface area contributed by atoms with Crippen LogP contribution in [0.2, 0.25) is 0 Å². The van der Waals surface area contributed by atoms with E-state index in [1.807, 2.05) is 0 Å². The molecule has 23 heavy (non-hydrogen) atoms. The van der Waals surface area contributed by atoms with Gasteiger partial charge in [0.1, 0.15) is 0 Å². The zero-order chi connectivity index (χ0) is 16.5. The van der Waals surface area contributed by atoms with Crippen molar-refractivity contribution in [1.29, 1.82) is 0 Å². The standard InChI is InChI=1S/C16H30.C7H14/c1-3-4-14-7-11-16(12-8-14)15-9-5-13(2)6-10-15;1-7-5-3-2-4-6-7/h13-16H,3-12H2,1-2H3;7H,2-6H2,1H3. The molecular weight excluding hydrogens is 276 g/mol. The molecule has 0 aromatic heterocycles. The molecule has 0 saturated heterocycles. The average Bonchev–Trinajstić information content (AvgIpc) is 2.58. The highest BCUT2D eigenvalue weighted by Crippen LogP contribution is 2.41. The first kappa shape index (κ1) is 19.3. The Hall–Kier alpha value is 0. The summed E-state index contributed by atoms with van der Waals surface area (Å²) in [6, 6.07) is 0. The Labute approximate surface area is 147 Å². The largest absolute Gasteiger partial charge is 0.0654 e. The topological polar surface area (TPSA) is 0 Å². The van der Waals surface area contributed by atoms with Gasteiger partial charge in [0, 0.05) is 0 Å². The zero-order valence-electron chi connectivity index (χ0n) is 16.5. The van der Waals surface area contributed by atoms with E-state index in [1.54, 1.807) is 38.5 Å². The fourth-order valence-corrected chi connectivity index (χ4v) is 5.42. The Balaban J connectivity index is 0.000000229. The molecular formula is C23H44. The summed E-state index contributed by atoms with van der Waals surface area (Å²) in [5, 5.41) is 0. The summed E-state index contributed by atoms with van der Waals surface area (Å²) in [6.45, 7) is 7.14. The number of hydrogen-bond acceptors (Lipinski definition) is 0. The van der Waals surface area contributed by atoms with Crippen LogP contribution in [0.4, 0.5) is 0 Å². The zero-order valence-corrected chi connectivity index (χ0v) is 16.5. The van der Waals surface area contributed by atoms with Crippen LogP contribution in [-0.4, -0.2) is 0 Å². The normalized spacial score (nSPS) is 36.1. The van der Waals surface area contributed by atoms with Gasteiger partial charge in [-0.3, -0.25) is 0 Å². The van der Waals surface area contributed by atoms with E-state index < -0.39 is 0 Å².